The predicted molar refractivity (Wildman–Crippen MR) is 195 cm³/mol. The normalized spacial score (nSPS) is 19.4. The largest absolute Gasteiger partial charge is 0.466 e. The lowest BCUT2D eigenvalue weighted by Crippen LogP contribution is -2.33. The first-order chi connectivity index (χ1) is 22.9. The van der Waals surface area contributed by atoms with Crippen molar-refractivity contribution in [1.82, 2.24) is 0 Å². The van der Waals surface area contributed by atoms with Gasteiger partial charge in [-0.2, -0.15) is 4.58 Å². The fraction of sp³-hybridized carbons (Fsp3) is 0.209. The van der Waals surface area contributed by atoms with Crippen LogP contribution in [0.4, 0.5) is 11.4 Å². The van der Waals surface area contributed by atoms with Crippen molar-refractivity contribution in [2.75, 3.05) is 25.1 Å². The zero-order chi connectivity index (χ0) is 32.6. The summed E-state index contributed by atoms with van der Waals surface area (Å²) in [6, 6.07) is 37.1. The number of carbonyl (C=O) groups is 1. The van der Waals surface area contributed by atoms with Gasteiger partial charge < -0.3 is 9.64 Å². The average Bonchev–Trinajstić information content (AvgIpc) is 3.44. The first-order valence-corrected chi connectivity index (χ1v) is 16.4. The number of hydrogen-bond acceptors (Lipinski definition) is 3. The van der Waals surface area contributed by atoms with E-state index in [9.17, 15) is 4.79 Å². The van der Waals surface area contributed by atoms with E-state index < -0.39 is 0 Å². The third-order valence-corrected chi connectivity index (χ3v) is 10.2. The molecule has 0 spiro atoms. The molecule has 234 valence electrons. The molecule has 7 rings (SSSR count). The molecule has 0 amide bonds. The van der Waals surface area contributed by atoms with E-state index in [1.165, 1.54) is 61.0 Å². The Morgan fingerprint density at radius 3 is 2.13 bits per heavy atom. The van der Waals surface area contributed by atoms with Crippen molar-refractivity contribution >= 4 is 45.1 Å². The van der Waals surface area contributed by atoms with E-state index in [0.717, 1.165) is 6.42 Å². The highest BCUT2D eigenvalue weighted by Crippen LogP contribution is 2.50. The van der Waals surface area contributed by atoms with Crippen molar-refractivity contribution in [2.24, 2.45) is 0 Å². The van der Waals surface area contributed by atoms with Gasteiger partial charge in [0.05, 0.1) is 17.3 Å². The molecule has 0 N–H and O–H groups in total. The number of allylic oxidation sites excluding steroid dienone is 6. The molecule has 0 saturated heterocycles. The van der Waals surface area contributed by atoms with E-state index in [2.05, 4.69) is 171 Å². The molecule has 4 heteroatoms. The predicted octanol–water partition coefficient (Wildman–Crippen LogP) is 9.19. The highest BCUT2D eigenvalue weighted by atomic mass is 16.5. The molecule has 5 aromatic rings. The number of nitrogens with zero attached hydrogens (tertiary/aromatic N) is 2. The monoisotopic (exact) mass is 617 g/mol. The van der Waals surface area contributed by atoms with Crippen molar-refractivity contribution in [3.05, 3.63) is 156 Å². The molecule has 0 aromatic heterocycles. The zero-order valence-corrected chi connectivity index (χ0v) is 27.6. The molecular weight excluding hydrogens is 576 g/mol. The third-order valence-electron chi connectivity index (χ3n) is 10.2. The Morgan fingerprint density at radius 1 is 0.745 bits per heavy atom. The van der Waals surface area contributed by atoms with Crippen LogP contribution in [-0.4, -0.2) is 37.0 Å². The average molecular weight is 618 g/mol. The van der Waals surface area contributed by atoms with E-state index in [4.69, 9.17) is 4.74 Å². The second-order valence-corrected chi connectivity index (χ2v) is 13.3. The molecular formula is C43H41N2O2+. The summed E-state index contributed by atoms with van der Waals surface area (Å²) in [6.45, 7) is 8.39. The molecule has 0 radical (unpaired) electrons. The van der Waals surface area contributed by atoms with Crippen LogP contribution in [-0.2, 0) is 26.8 Å². The van der Waals surface area contributed by atoms with Gasteiger partial charge in [0, 0.05) is 28.4 Å². The van der Waals surface area contributed by atoms with E-state index in [1.807, 2.05) is 0 Å². The van der Waals surface area contributed by atoms with Crippen molar-refractivity contribution in [2.45, 2.75) is 38.0 Å². The maximum atomic E-state index is 10.9. The molecule has 5 aromatic carbocycles. The number of anilines is 1. The van der Waals surface area contributed by atoms with Crippen LogP contribution in [0.1, 0.15) is 37.5 Å². The Morgan fingerprint density at radius 2 is 1.38 bits per heavy atom. The van der Waals surface area contributed by atoms with Gasteiger partial charge in [-0.25, -0.2) is 0 Å². The van der Waals surface area contributed by atoms with Gasteiger partial charge in [0.15, 0.2) is 5.71 Å². The highest BCUT2D eigenvalue weighted by molar-refractivity contribution is 6.19. The van der Waals surface area contributed by atoms with E-state index in [-0.39, 0.29) is 10.8 Å². The van der Waals surface area contributed by atoms with Gasteiger partial charge in [-0.15, -0.1) is 0 Å². The Bertz CT molecular complexity index is 2120. The van der Waals surface area contributed by atoms with Gasteiger partial charge in [-0.05, 0) is 58.8 Å². The zero-order valence-electron chi connectivity index (χ0n) is 27.6. The van der Waals surface area contributed by atoms with Crippen LogP contribution in [0.25, 0.3) is 21.5 Å². The minimum atomic E-state index is -0.248. The van der Waals surface area contributed by atoms with Crippen LogP contribution in [0.15, 0.2) is 139 Å². The molecule has 0 saturated carbocycles. The number of ether oxygens (including phenoxy) is 1. The Hall–Kier alpha value is -5.22. The van der Waals surface area contributed by atoms with Crippen molar-refractivity contribution in [1.29, 1.82) is 0 Å². The smallest absolute Gasteiger partial charge is 0.293 e. The summed E-state index contributed by atoms with van der Waals surface area (Å²) in [5.41, 5.74) is 8.48. The number of benzene rings is 5. The molecule has 1 atom stereocenters. The quantitative estimate of drug-likeness (QED) is 0.0544. The van der Waals surface area contributed by atoms with Crippen molar-refractivity contribution in [3.63, 3.8) is 0 Å². The lowest BCUT2D eigenvalue weighted by atomic mass is 9.72. The molecule has 0 bridgehead atoms. The minimum Gasteiger partial charge on any atom is -0.466 e. The van der Waals surface area contributed by atoms with Crippen LogP contribution in [0, 0.1) is 0 Å². The summed E-state index contributed by atoms with van der Waals surface area (Å²) in [6.07, 6.45) is 11.8. The molecule has 4 nitrogen and oxygen atoms in total. The van der Waals surface area contributed by atoms with Crippen LogP contribution in [0.5, 0.6) is 0 Å². The molecule has 47 heavy (non-hydrogen) atoms. The summed E-state index contributed by atoms with van der Waals surface area (Å²) in [5.74, 6) is 0. The minimum absolute atomic E-state index is 0.176. The number of hydrogen-bond donors (Lipinski definition) is 0. The molecule has 0 aliphatic carbocycles. The van der Waals surface area contributed by atoms with E-state index in [0.29, 0.717) is 19.6 Å². The summed E-state index contributed by atoms with van der Waals surface area (Å²) >= 11 is 0. The van der Waals surface area contributed by atoms with Crippen molar-refractivity contribution < 1.29 is 14.1 Å². The topological polar surface area (TPSA) is 32.5 Å². The van der Waals surface area contributed by atoms with E-state index in [1.54, 1.807) is 0 Å². The number of fused-ring (bicyclic) bond motifs is 7. The van der Waals surface area contributed by atoms with Gasteiger partial charge in [-0.3, -0.25) is 4.79 Å². The standard InChI is InChI=1S/C43H41N2O2/c1-42(2)36-23-15-16-24-37(36)45(27-28-47-30-46)38(42)25-9-6-10-26-39-43(3,29-31-17-7-5-8-18-31)40-34-21-13-11-19-32(34)33-20-12-14-22-35(33)41(40)44(39)4/h5-26,30H,27-29H2,1-4H3/q+1. The second kappa shape index (κ2) is 12.2. The number of para-hydroxylation sites is 1. The maximum Gasteiger partial charge on any atom is 0.293 e. The lowest BCUT2D eigenvalue weighted by molar-refractivity contribution is -0.399. The summed E-state index contributed by atoms with van der Waals surface area (Å²) in [7, 11) is 2.22. The fourth-order valence-electron chi connectivity index (χ4n) is 8.06. The Kier molecular flexibility index (Phi) is 7.89. The molecule has 1 unspecified atom stereocenters. The summed E-state index contributed by atoms with van der Waals surface area (Å²) < 4.78 is 7.51. The van der Waals surface area contributed by atoms with Crippen LogP contribution < -0.4 is 4.90 Å². The molecule has 2 aliphatic heterocycles. The maximum absolute atomic E-state index is 10.9. The lowest BCUT2D eigenvalue weighted by Gasteiger charge is -2.26. The molecule has 2 aliphatic rings. The second-order valence-electron chi connectivity index (χ2n) is 13.3. The fourth-order valence-corrected chi connectivity index (χ4v) is 8.06. The van der Waals surface area contributed by atoms with Gasteiger partial charge in [0.1, 0.15) is 13.7 Å². The van der Waals surface area contributed by atoms with E-state index >= 15 is 0 Å². The number of rotatable bonds is 9. The first-order valence-electron chi connectivity index (χ1n) is 16.4. The Labute approximate surface area is 277 Å². The van der Waals surface area contributed by atoms with Crippen LogP contribution in [0.2, 0.25) is 0 Å². The van der Waals surface area contributed by atoms with Gasteiger partial charge in [0.25, 0.3) is 6.47 Å². The molecule has 0 fully saturated rings. The molecule has 2 heterocycles. The highest BCUT2D eigenvalue weighted by Gasteiger charge is 2.49. The number of carbonyl (C=O) groups excluding carboxylic acids is 1. The SMILES string of the molecule is C[N+]1=C(/C=C/C=C/C=C2\N(CCOC=O)c3ccccc3C2(C)C)C(C)(Cc2ccccc2)c2c1c1ccccc1c1ccccc21. The first kappa shape index (κ1) is 30.4. The van der Waals surface area contributed by atoms with Crippen LogP contribution in [0.3, 0.4) is 0 Å². The third kappa shape index (κ3) is 5.09. The van der Waals surface area contributed by atoms with Crippen LogP contribution >= 0.6 is 0 Å². The van der Waals surface area contributed by atoms with Gasteiger partial charge in [-0.1, -0.05) is 123 Å². The van der Waals surface area contributed by atoms with Gasteiger partial charge >= 0.3 is 0 Å². The van der Waals surface area contributed by atoms with Crippen molar-refractivity contribution in [3.8, 4) is 0 Å². The summed E-state index contributed by atoms with van der Waals surface area (Å²) in [4.78, 5) is 13.2. The van der Waals surface area contributed by atoms with Gasteiger partial charge in [0.2, 0.25) is 5.69 Å². The summed E-state index contributed by atoms with van der Waals surface area (Å²) in [5, 5.41) is 5.19. The Balaban J connectivity index is 1.30.